The minimum atomic E-state index is -5.66. The molecule has 0 saturated carbocycles. The Bertz CT molecular complexity index is 1290. The first-order valence-corrected chi connectivity index (χ1v) is 14.4. The Hall–Kier alpha value is -2.64. The van der Waals surface area contributed by atoms with E-state index in [1.165, 1.54) is 6.07 Å². The summed E-state index contributed by atoms with van der Waals surface area (Å²) in [4.78, 5) is 29.7. The van der Waals surface area contributed by atoms with E-state index in [0.717, 1.165) is 12.1 Å². The Morgan fingerprint density at radius 2 is 1.52 bits per heavy atom. The fourth-order valence-electron chi connectivity index (χ4n) is 6.33. The number of ether oxygens (including phenoxy) is 1. The molecule has 0 aliphatic carbocycles. The second kappa shape index (κ2) is 10.8. The van der Waals surface area contributed by atoms with Crippen molar-refractivity contribution in [2.24, 2.45) is 11.8 Å². The van der Waals surface area contributed by atoms with Crippen LogP contribution in [-0.4, -0.2) is 75.4 Å². The van der Waals surface area contributed by atoms with Gasteiger partial charge in [-0.05, 0) is 51.4 Å². The molecular weight excluding hydrogens is 602 g/mol. The molecule has 0 N–H and O–H groups in total. The van der Waals surface area contributed by atoms with Gasteiger partial charge in [-0.1, -0.05) is 0 Å². The van der Waals surface area contributed by atoms with Crippen molar-refractivity contribution in [3.05, 3.63) is 29.3 Å². The highest BCUT2D eigenvalue weighted by atomic mass is 32.2. The van der Waals surface area contributed by atoms with Crippen molar-refractivity contribution in [2.75, 3.05) is 36.0 Å². The summed E-state index contributed by atoms with van der Waals surface area (Å²) in [6.45, 7) is 3.87. The molecule has 0 spiro atoms. The smallest absolute Gasteiger partial charge is 0.365 e. The molecule has 4 rings (SSSR count). The SMILES string of the molecule is C[C@]12CN(CCCS(=O)CCCC(F)(F)C(F)(F)F)C[C@](C)(O1)C1C(=O)N(c3ccc(C#N)c(C(F)(F)F)c3)C(=O)[C@H]12. The second-order valence-electron chi connectivity index (χ2n) is 11.3. The van der Waals surface area contributed by atoms with E-state index in [1.807, 2.05) is 4.90 Å². The van der Waals surface area contributed by atoms with Gasteiger partial charge >= 0.3 is 18.3 Å². The molecule has 2 bridgehead atoms. The van der Waals surface area contributed by atoms with Crippen LogP contribution in [-0.2, 0) is 31.3 Å². The first-order chi connectivity index (χ1) is 19.2. The van der Waals surface area contributed by atoms with Gasteiger partial charge in [0.1, 0.15) is 0 Å². The summed E-state index contributed by atoms with van der Waals surface area (Å²) in [5.41, 5.74) is -4.61. The van der Waals surface area contributed by atoms with E-state index >= 15 is 0 Å². The lowest BCUT2D eigenvalue weighted by Gasteiger charge is -2.45. The lowest BCUT2D eigenvalue weighted by Crippen LogP contribution is -2.58. The van der Waals surface area contributed by atoms with E-state index in [2.05, 4.69) is 0 Å². The van der Waals surface area contributed by atoms with Crippen LogP contribution in [0.4, 0.5) is 40.8 Å². The number of carbonyl (C=O) groups excluding carboxylic acids is 2. The summed E-state index contributed by atoms with van der Waals surface area (Å²) in [6.07, 6.45) is -12.3. The molecule has 42 heavy (non-hydrogen) atoms. The molecule has 3 saturated heterocycles. The first kappa shape index (κ1) is 32.3. The number of rotatable bonds is 9. The number of nitrogens with zero attached hydrogens (tertiary/aromatic N) is 3. The lowest BCUT2D eigenvalue weighted by molar-refractivity contribution is -0.284. The van der Waals surface area contributed by atoms with Crippen molar-refractivity contribution in [2.45, 2.75) is 62.6 Å². The number of likely N-dealkylation sites (tertiary alicyclic amines) is 1. The van der Waals surface area contributed by atoms with Crippen LogP contribution in [0, 0.1) is 23.2 Å². The number of morpholine rings is 1. The van der Waals surface area contributed by atoms with E-state index in [-0.39, 0.29) is 30.3 Å². The van der Waals surface area contributed by atoms with Crippen LogP contribution in [0.3, 0.4) is 0 Å². The predicted molar refractivity (Wildman–Crippen MR) is 133 cm³/mol. The number of alkyl halides is 8. The molecular formula is C26H27F8N3O4S. The number of imide groups is 1. The van der Waals surface area contributed by atoms with E-state index in [4.69, 9.17) is 10.00 Å². The molecule has 0 aromatic heterocycles. The lowest BCUT2D eigenvalue weighted by atomic mass is 9.79. The molecule has 5 atom stereocenters. The Morgan fingerprint density at radius 3 is 2.02 bits per heavy atom. The van der Waals surface area contributed by atoms with Crippen molar-refractivity contribution < 1.29 is 53.7 Å². The van der Waals surface area contributed by atoms with Crippen LogP contribution >= 0.6 is 0 Å². The van der Waals surface area contributed by atoms with Crippen LogP contribution < -0.4 is 4.90 Å². The number of amides is 2. The van der Waals surface area contributed by atoms with Gasteiger partial charge in [-0.2, -0.15) is 40.4 Å². The number of benzene rings is 1. The van der Waals surface area contributed by atoms with Crippen LogP contribution in [0.15, 0.2) is 18.2 Å². The average molecular weight is 630 g/mol. The summed E-state index contributed by atoms with van der Waals surface area (Å²) >= 11 is 0. The van der Waals surface area contributed by atoms with Gasteiger partial charge in [-0.3, -0.25) is 18.7 Å². The van der Waals surface area contributed by atoms with Crippen LogP contribution in [0.1, 0.15) is 44.2 Å². The summed E-state index contributed by atoms with van der Waals surface area (Å²) in [6, 6.07) is 4.07. The minimum Gasteiger partial charge on any atom is -0.365 e. The van der Waals surface area contributed by atoms with Crippen molar-refractivity contribution in [3.8, 4) is 6.07 Å². The maximum absolute atomic E-state index is 13.5. The maximum Gasteiger partial charge on any atom is 0.453 e. The molecule has 2 amide bonds. The summed E-state index contributed by atoms with van der Waals surface area (Å²) < 4.78 is 122. The standard InChI is InChI=1S/C26H27F8N3O4S/c1-22-13-36(8-4-10-42(40)9-3-7-24(27,28)26(32,33)34)14-23(2,41-22)19-18(22)20(38)37(21(19)39)16-6-5-15(12-35)17(11-16)25(29,30)31/h5-6,11,18-19H,3-4,7-10,13-14H2,1-2H3/t18-,19?,22+,23-,42?/m0/s1. The molecule has 7 nitrogen and oxygen atoms in total. The average Bonchev–Trinajstić information content (AvgIpc) is 3.22. The highest BCUT2D eigenvalue weighted by Crippen LogP contribution is 2.55. The predicted octanol–water partition coefficient (Wildman–Crippen LogP) is 4.66. The largest absolute Gasteiger partial charge is 0.453 e. The zero-order valence-corrected chi connectivity index (χ0v) is 23.3. The fraction of sp³-hybridized carbons (Fsp3) is 0.654. The van der Waals surface area contributed by atoms with Gasteiger partial charge in [-0.25, -0.2) is 4.90 Å². The second-order valence-corrected chi connectivity index (χ2v) is 12.9. The molecule has 3 aliphatic rings. The van der Waals surface area contributed by atoms with E-state index < -0.39 is 87.9 Å². The highest BCUT2D eigenvalue weighted by molar-refractivity contribution is 7.84. The Labute approximate surface area is 238 Å². The van der Waals surface area contributed by atoms with Crippen molar-refractivity contribution in [1.82, 2.24) is 4.90 Å². The number of fused-ring (bicyclic) bond motifs is 5. The van der Waals surface area contributed by atoms with Crippen LogP contribution in [0.2, 0.25) is 0 Å². The number of hydrogen-bond donors (Lipinski definition) is 0. The van der Waals surface area contributed by atoms with Crippen molar-refractivity contribution in [3.63, 3.8) is 0 Å². The zero-order valence-electron chi connectivity index (χ0n) is 22.5. The number of anilines is 1. The third-order valence-corrected chi connectivity index (χ3v) is 9.46. The Balaban J connectivity index is 1.41. The molecule has 1 aromatic rings. The summed E-state index contributed by atoms with van der Waals surface area (Å²) in [5.74, 6) is -8.60. The number of carbonyl (C=O) groups is 2. The number of halogens is 8. The van der Waals surface area contributed by atoms with Crippen molar-refractivity contribution in [1.29, 1.82) is 5.26 Å². The topological polar surface area (TPSA) is 90.7 Å². The van der Waals surface area contributed by atoms with E-state index in [9.17, 15) is 48.9 Å². The summed E-state index contributed by atoms with van der Waals surface area (Å²) in [7, 11) is -1.64. The van der Waals surface area contributed by atoms with E-state index in [1.54, 1.807) is 13.8 Å². The molecule has 232 valence electrons. The van der Waals surface area contributed by atoms with Gasteiger partial charge in [0.15, 0.2) is 0 Å². The Morgan fingerprint density at radius 1 is 0.976 bits per heavy atom. The van der Waals surface area contributed by atoms with E-state index in [0.29, 0.717) is 23.9 Å². The van der Waals surface area contributed by atoms with Gasteiger partial charge in [0.05, 0.1) is 45.9 Å². The first-order valence-electron chi connectivity index (χ1n) is 13.0. The normalized spacial score (nSPS) is 29.1. The quantitative estimate of drug-likeness (QED) is 0.292. The van der Waals surface area contributed by atoms with Crippen molar-refractivity contribution >= 4 is 28.3 Å². The molecule has 3 fully saturated rings. The minimum absolute atomic E-state index is 0.0428. The molecule has 2 unspecified atom stereocenters. The van der Waals surface area contributed by atoms with Gasteiger partial charge in [0.25, 0.3) is 0 Å². The highest BCUT2D eigenvalue weighted by Gasteiger charge is 2.71. The van der Waals surface area contributed by atoms with Crippen LogP contribution in [0.5, 0.6) is 0 Å². The number of hydrogen-bond acceptors (Lipinski definition) is 6. The molecule has 0 radical (unpaired) electrons. The van der Waals surface area contributed by atoms with Gasteiger partial charge in [0, 0.05) is 41.8 Å². The molecule has 3 heterocycles. The molecule has 16 heteroatoms. The summed E-state index contributed by atoms with van der Waals surface area (Å²) in [5, 5.41) is 9.06. The third kappa shape index (κ3) is 5.79. The maximum atomic E-state index is 13.5. The van der Waals surface area contributed by atoms with Gasteiger partial charge in [-0.15, -0.1) is 0 Å². The molecule has 1 aromatic carbocycles. The third-order valence-electron chi connectivity index (χ3n) is 7.97. The Kier molecular flexibility index (Phi) is 8.31. The zero-order chi connectivity index (χ0) is 31.5. The monoisotopic (exact) mass is 629 g/mol. The molecule has 3 aliphatic heterocycles. The van der Waals surface area contributed by atoms with Gasteiger partial charge in [0.2, 0.25) is 11.8 Å². The van der Waals surface area contributed by atoms with Crippen LogP contribution in [0.25, 0.3) is 0 Å². The fourth-order valence-corrected chi connectivity index (χ4v) is 7.45. The number of nitriles is 1. The van der Waals surface area contributed by atoms with Gasteiger partial charge < -0.3 is 4.74 Å².